The molecule has 1 aromatic heterocycles. The van der Waals surface area contributed by atoms with Crippen LogP contribution in [-0.4, -0.2) is 52.2 Å². The first-order valence-electron chi connectivity index (χ1n) is 7.31. The highest BCUT2D eigenvalue weighted by atomic mass is 32.1. The van der Waals surface area contributed by atoms with Crippen molar-refractivity contribution >= 4 is 22.5 Å². The number of carbonyl (C=O) groups is 1. The van der Waals surface area contributed by atoms with Crippen LogP contribution in [0.1, 0.15) is 11.1 Å². The largest absolute Gasteiger partial charge is 0.323 e. The summed E-state index contributed by atoms with van der Waals surface area (Å²) in [6.45, 7) is 6.29. The number of hydrogen-bond acceptors (Lipinski definition) is 5. The van der Waals surface area contributed by atoms with Crippen molar-refractivity contribution in [1.29, 1.82) is 0 Å². The Bertz CT molecular complexity index is 623. The molecule has 0 bridgehead atoms. The van der Waals surface area contributed by atoms with Crippen LogP contribution in [0.4, 0.5) is 9.93 Å². The number of benzene rings is 1. The molecule has 0 aliphatic carbocycles. The predicted octanol–water partition coefficient (Wildman–Crippen LogP) is 2.20. The lowest BCUT2D eigenvalue weighted by Gasteiger charge is -2.34. The van der Waals surface area contributed by atoms with Gasteiger partial charge in [-0.15, -0.1) is 10.2 Å². The molecule has 116 valence electrons. The van der Waals surface area contributed by atoms with E-state index >= 15 is 0 Å². The molecule has 0 spiro atoms. The molecule has 3 rings (SSSR count). The number of nitrogens with one attached hydrogen (secondary N) is 1. The van der Waals surface area contributed by atoms with Crippen molar-refractivity contribution in [3.63, 3.8) is 0 Å². The molecule has 22 heavy (non-hydrogen) atoms. The summed E-state index contributed by atoms with van der Waals surface area (Å²) in [5.74, 6) is 0. The summed E-state index contributed by atoms with van der Waals surface area (Å²) < 4.78 is 0. The molecular formula is C15H19N5OS. The minimum absolute atomic E-state index is 0.0908. The number of aromatic nitrogens is 2. The topological polar surface area (TPSA) is 61.4 Å². The Morgan fingerprint density at radius 1 is 1.32 bits per heavy atom. The first kappa shape index (κ1) is 14.9. The van der Waals surface area contributed by atoms with E-state index in [9.17, 15) is 4.79 Å². The standard InChI is InChI=1S/C15H19N5OS/c1-12-3-2-4-13(9-12)10-19-5-7-20(8-6-19)15(21)17-14-18-16-11-22-14/h2-4,9,11H,5-8,10H2,1H3,(H,17,18,21). The molecule has 6 nitrogen and oxygen atoms in total. The zero-order valence-corrected chi connectivity index (χ0v) is 13.3. The van der Waals surface area contributed by atoms with Gasteiger partial charge in [0.15, 0.2) is 0 Å². The minimum atomic E-state index is -0.0908. The molecule has 1 aliphatic heterocycles. The Morgan fingerprint density at radius 3 is 2.82 bits per heavy atom. The molecule has 1 saturated heterocycles. The van der Waals surface area contributed by atoms with E-state index in [1.165, 1.54) is 22.5 Å². The number of urea groups is 1. The molecule has 0 unspecified atom stereocenters. The van der Waals surface area contributed by atoms with Crippen molar-refractivity contribution in [2.75, 3.05) is 31.5 Å². The summed E-state index contributed by atoms with van der Waals surface area (Å²) in [6, 6.07) is 8.48. The average Bonchev–Trinajstić information content (AvgIpc) is 3.01. The maximum atomic E-state index is 12.1. The zero-order chi connectivity index (χ0) is 15.4. The Labute approximate surface area is 133 Å². The van der Waals surface area contributed by atoms with Crippen molar-refractivity contribution in [2.45, 2.75) is 13.5 Å². The van der Waals surface area contributed by atoms with E-state index in [-0.39, 0.29) is 6.03 Å². The highest BCUT2D eigenvalue weighted by Crippen LogP contribution is 2.13. The summed E-state index contributed by atoms with van der Waals surface area (Å²) in [7, 11) is 0. The van der Waals surface area contributed by atoms with Crippen LogP contribution in [0.25, 0.3) is 0 Å². The van der Waals surface area contributed by atoms with Crippen LogP contribution in [0, 0.1) is 6.92 Å². The Kier molecular flexibility index (Phi) is 4.65. The van der Waals surface area contributed by atoms with E-state index < -0.39 is 0 Å². The molecular weight excluding hydrogens is 298 g/mol. The SMILES string of the molecule is Cc1cccc(CN2CCN(C(=O)Nc3nncs3)CC2)c1. The van der Waals surface area contributed by atoms with Gasteiger partial charge in [0, 0.05) is 32.7 Å². The van der Waals surface area contributed by atoms with E-state index in [0.717, 1.165) is 32.7 Å². The van der Waals surface area contributed by atoms with Crippen LogP contribution in [0.5, 0.6) is 0 Å². The molecule has 2 heterocycles. The molecule has 0 radical (unpaired) electrons. The number of amides is 2. The summed E-state index contributed by atoms with van der Waals surface area (Å²) in [4.78, 5) is 16.3. The second kappa shape index (κ2) is 6.85. The Balaban J connectivity index is 1.49. The first-order valence-corrected chi connectivity index (χ1v) is 8.19. The monoisotopic (exact) mass is 317 g/mol. The molecule has 2 aromatic rings. The molecule has 0 saturated carbocycles. The van der Waals surface area contributed by atoms with Gasteiger partial charge in [-0.05, 0) is 12.5 Å². The number of piperazine rings is 1. The van der Waals surface area contributed by atoms with E-state index in [1.807, 2.05) is 4.90 Å². The summed E-state index contributed by atoms with van der Waals surface area (Å²) >= 11 is 1.33. The van der Waals surface area contributed by atoms with Crippen LogP contribution < -0.4 is 5.32 Å². The van der Waals surface area contributed by atoms with Gasteiger partial charge in [0.25, 0.3) is 0 Å². The van der Waals surface area contributed by atoms with Gasteiger partial charge in [0.2, 0.25) is 5.13 Å². The first-order chi connectivity index (χ1) is 10.7. The highest BCUT2D eigenvalue weighted by Gasteiger charge is 2.21. The van der Waals surface area contributed by atoms with Crippen molar-refractivity contribution in [3.8, 4) is 0 Å². The quantitative estimate of drug-likeness (QED) is 0.943. The second-order valence-electron chi connectivity index (χ2n) is 5.43. The number of anilines is 1. The normalized spacial score (nSPS) is 15.8. The zero-order valence-electron chi connectivity index (χ0n) is 12.5. The fourth-order valence-electron chi connectivity index (χ4n) is 2.58. The van der Waals surface area contributed by atoms with Gasteiger partial charge in [-0.1, -0.05) is 41.2 Å². The van der Waals surface area contributed by atoms with Crippen LogP contribution in [0.15, 0.2) is 29.8 Å². The number of carbonyl (C=O) groups excluding carboxylic acids is 1. The summed E-state index contributed by atoms with van der Waals surface area (Å²) in [5.41, 5.74) is 4.22. The summed E-state index contributed by atoms with van der Waals surface area (Å²) in [6.07, 6.45) is 0. The molecule has 1 aromatic carbocycles. The Hall–Kier alpha value is -1.99. The predicted molar refractivity (Wildman–Crippen MR) is 87.0 cm³/mol. The lowest BCUT2D eigenvalue weighted by Crippen LogP contribution is -2.49. The average molecular weight is 317 g/mol. The second-order valence-corrected chi connectivity index (χ2v) is 6.26. The van der Waals surface area contributed by atoms with E-state index in [0.29, 0.717) is 5.13 Å². The molecule has 2 amide bonds. The third-order valence-electron chi connectivity index (χ3n) is 3.72. The molecule has 1 aliphatic rings. The van der Waals surface area contributed by atoms with Gasteiger partial charge >= 0.3 is 6.03 Å². The number of nitrogens with zero attached hydrogens (tertiary/aromatic N) is 4. The van der Waals surface area contributed by atoms with Gasteiger partial charge in [-0.2, -0.15) is 0 Å². The van der Waals surface area contributed by atoms with Crippen LogP contribution in [0.3, 0.4) is 0 Å². The maximum absolute atomic E-state index is 12.1. The number of aryl methyl sites for hydroxylation is 1. The van der Waals surface area contributed by atoms with Gasteiger partial charge < -0.3 is 4.90 Å². The van der Waals surface area contributed by atoms with E-state index in [1.54, 1.807) is 5.51 Å². The molecule has 1 N–H and O–H groups in total. The molecule has 7 heteroatoms. The lowest BCUT2D eigenvalue weighted by atomic mass is 10.1. The third-order valence-corrected chi connectivity index (χ3v) is 4.33. The smallest absolute Gasteiger partial charge is 0.322 e. The van der Waals surface area contributed by atoms with Gasteiger partial charge in [0.05, 0.1) is 0 Å². The van der Waals surface area contributed by atoms with Crippen LogP contribution in [-0.2, 0) is 6.54 Å². The highest BCUT2D eigenvalue weighted by molar-refractivity contribution is 7.13. The number of rotatable bonds is 3. The Morgan fingerprint density at radius 2 is 2.14 bits per heavy atom. The molecule has 1 fully saturated rings. The van der Waals surface area contributed by atoms with Crippen molar-refractivity contribution in [1.82, 2.24) is 20.0 Å². The van der Waals surface area contributed by atoms with Crippen molar-refractivity contribution in [2.24, 2.45) is 0 Å². The van der Waals surface area contributed by atoms with E-state index in [4.69, 9.17) is 0 Å². The third kappa shape index (κ3) is 3.80. The van der Waals surface area contributed by atoms with Crippen LogP contribution in [0.2, 0.25) is 0 Å². The minimum Gasteiger partial charge on any atom is -0.322 e. The summed E-state index contributed by atoms with van der Waals surface area (Å²) in [5, 5.41) is 10.9. The number of hydrogen-bond donors (Lipinski definition) is 1. The molecule has 0 atom stereocenters. The lowest BCUT2D eigenvalue weighted by molar-refractivity contribution is 0.143. The van der Waals surface area contributed by atoms with Gasteiger partial charge in [-0.25, -0.2) is 4.79 Å². The van der Waals surface area contributed by atoms with Crippen LogP contribution >= 0.6 is 11.3 Å². The van der Waals surface area contributed by atoms with Crippen molar-refractivity contribution in [3.05, 3.63) is 40.9 Å². The maximum Gasteiger partial charge on any atom is 0.323 e. The fourth-order valence-corrected chi connectivity index (χ4v) is 3.01. The van der Waals surface area contributed by atoms with Crippen molar-refractivity contribution < 1.29 is 4.79 Å². The fraction of sp³-hybridized carbons (Fsp3) is 0.400. The van der Waals surface area contributed by atoms with E-state index in [2.05, 4.69) is 51.6 Å². The van der Waals surface area contributed by atoms with Gasteiger partial charge in [0.1, 0.15) is 5.51 Å². The van der Waals surface area contributed by atoms with Gasteiger partial charge in [-0.3, -0.25) is 10.2 Å².